The first-order valence-corrected chi connectivity index (χ1v) is 10.9. The number of hydrogen-bond acceptors (Lipinski definition) is 5. The average molecular weight is 396 g/mol. The number of benzene rings is 1. The molecule has 1 N–H and O–H groups in total. The fourth-order valence-corrected chi connectivity index (χ4v) is 4.70. The number of aromatic nitrogens is 1. The Bertz CT molecular complexity index is 852. The van der Waals surface area contributed by atoms with E-state index in [4.69, 9.17) is 0 Å². The normalized spacial score (nSPS) is 11.4. The number of rotatable bonds is 8. The molecule has 0 radical (unpaired) electrons. The van der Waals surface area contributed by atoms with Crippen LogP contribution >= 0.6 is 11.3 Å². The van der Waals surface area contributed by atoms with Gasteiger partial charge in [-0.2, -0.15) is 0 Å². The first-order chi connectivity index (χ1) is 12.3. The van der Waals surface area contributed by atoms with Crippen molar-refractivity contribution >= 4 is 32.4 Å². The van der Waals surface area contributed by atoms with Crippen molar-refractivity contribution in [2.45, 2.75) is 45.4 Å². The van der Waals surface area contributed by atoms with Gasteiger partial charge in [0.05, 0.1) is 10.6 Å². The summed E-state index contributed by atoms with van der Waals surface area (Å²) in [4.78, 5) is 19.4. The molecular weight excluding hydrogens is 370 g/mol. The summed E-state index contributed by atoms with van der Waals surface area (Å²) < 4.78 is 27.5. The van der Waals surface area contributed by atoms with Crippen LogP contribution in [0.4, 0.5) is 5.13 Å². The highest BCUT2D eigenvalue weighted by molar-refractivity contribution is 7.93. The molecule has 1 heterocycles. The minimum Gasteiger partial charge on any atom is -0.338 e. The number of carbonyl (C=O) groups is 1. The molecule has 0 aliphatic heterocycles. The molecule has 2 aromatic rings. The van der Waals surface area contributed by atoms with Gasteiger partial charge in [-0.3, -0.25) is 9.52 Å². The van der Waals surface area contributed by atoms with Crippen LogP contribution in [0, 0.1) is 13.8 Å². The molecule has 0 fully saturated rings. The molecule has 1 aromatic carbocycles. The van der Waals surface area contributed by atoms with E-state index in [2.05, 4.69) is 9.71 Å². The fraction of sp³-hybridized carbons (Fsp3) is 0.444. The van der Waals surface area contributed by atoms with Crippen molar-refractivity contribution in [1.82, 2.24) is 9.88 Å². The second-order valence-corrected chi connectivity index (χ2v) is 8.83. The van der Waals surface area contributed by atoms with E-state index in [1.165, 1.54) is 0 Å². The number of thiazole rings is 1. The molecule has 0 atom stereocenters. The van der Waals surface area contributed by atoms with E-state index in [9.17, 15) is 13.2 Å². The Labute approximate surface area is 159 Å². The van der Waals surface area contributed by atoms with E-state index in [1.807, 2.05) is 20.8 Å². The third-order valence-electron chi connectivity index (χ3n) is 3.82. The number of nitrogens with one attached hydrogen (secondary N) is 1. The molecule has 6 nitrogen and oxygen atoms in total. The van der Waals surface area contributed by atoms with Gasteiger partial charge in [0.25, 0.3) is 15.9 Å². The molecular formula is C18H25N3O3S2. The standard InChI is InChI=1S/C18H25N3O3S2/c1-5-11-21(12-6-2)17(22)16-14(4)19-18(25-16)20-26(23,24)15-9-7-13(3)8-10-15/h7-10H,5-6,11-12H2,1-4H3,(H,19,20). The van der Waals surface area contributed by atoms with Gasteiger partial charge in [-0.1, -0.05) is 42.9 Å². The van der Waals surface area contributed by atoms with Crippen LogP contribution in [0.1, 0.15) is 47.6 Å². The van der Waals surface area contributed by atoms with Crippen molar-refractivity contribution in [1.29, 1.82) is 0 Å². The third-order valence-corrected chi connectivity index (χ3v) is 6.36. The van der Waals surface area contributed by atoms with Crippen molar-refractivity contribution in [3.8, 4) is 0 Å². The molecule has 8 heteroatoms. The summed E-state index contributed by atoms with van der Waals surface area (Å²) in [5, 5.41) is 0.208. The molecule has 0 spiro atoms. The second kappa shape index (κ2) is 8.64. The van der Waals surface area contributed by atoms with Gasteiger partial charge in [0.15, 0.2) is 5.13 Å². The highest BCUT2D eigenvalue weighted by atomic mass is 32.2. The van der Waals surface area contributed by atoms with Crippen LogP contribution in [0.25, 0.3) is 0 Å². The summed E-state index contributed by atoms with van der Waals surface area (Å²) in [5.41, 5.74) is 1.52. The van der Waals surface area contributed by atoms with Crippen LogP contribution in [-0.4, -0.2) is 37.3 Å². The molecule has 0 aliphatic rings. The minimum absolute atomic E-state index is 0.0931. The zero-order valence-corrected chi connectivity index (χ0v) is 17.2. The second-order valence-electron chi connectivity index (χ2n) is 6.14. The predicted molar refractivity (Wildman–Crippen MR) is 105 cm³/mol. The van der Waals surface area contributed by atoms with Gasteiger partial charge >= 0.3 is 0 Å². The Hall–Kier alpha value is -1.93. The van der Waals surface area contributed by atoms with Crippen molar-refractivity contribution in [3.63, 3.8) is 0 Å². The first kappa shape index (κ1) is 20.4. The average Bonchev–Trinajstić information content (AvgIpc) is 2.94. The number of carbonyl (C=O) groups excluding carboxylic acids is 1. The van der Waals surface area contributed by atoms with Gasteiger partial charge in [0.2, 0.25) is 0 Å². The van der Waals surface area contributed by atoms with Crippen LogP contribution < -0.4 is 4.72 Å². The van der Waals surface area contributed by atoms with Gasteiger partial charge in [-0.25, -0.2) is 13.4 Å². The maximum absolute atomic E-state index is 12.8. The van der Waals surface area contributed by atoms with E-state index in [1.54, 1.807) is 36.1 Å². The fourth-order valence-electron chi connectivity index (χ4n) is 2.53. The van der Waals surface area contributed by atoms with Gasteiger partial charge in [-0.15, -0.1) is 0 Å². The lowest BCUT2D eigenvalue weighted by Gasteiger charge is -2.20. The molecule has 0 saturated carbocycles. The summed E-state index contributed by atoms with van der Waals surface area (Å²) in [6, 6.07) is 6.58. The largest absolute Gasteiger partial charge is 0.338 e. The van der Waals surface area contributed by atoms with Crippen molar-refractivity contribution < 1.29 is 13.2 Å². The number of hydrogen-bond donors (Lipinski definition) is 1. The minimum atomic E-state index is -3.73. The Balaban J connectivity index is 2.24. The summed E-state index contributed by atoms with van der Waals surface area (Å²) in [6.45, 7) is 9.02. The number of aryl methyl sites for hydroxylation is 2. The number of sulfonamides is 1. The van der Waals surface area contributed by atoms with Gasteiger partial charge in [-0.05, 0) is 38.8 Å². The molecule has 0 unspecified atom stereocenters. The third kappa shape index (κ3) is 4.82. The van der Waals surface area contributed by atoms with Gasteiger partial charge < -0.3 is 4.90 Å². The topological polar surface area (TPSA) is 79.4 Å². The number of amides is 1. The Morgan fingerprint density at radius 1 is 1.12 bits per heavy atom. The molecule has 1 aromatic heterocycles. The smallest absolute Gasteiger partial charge is 0.265 e. The lowest BCUT2D eigenvalue weighted by atomic mass is 10.2. The summed E-state index contributed by atoms with van der Waals surface area (Å²) >= 11 is 1.08. The summed E-state index contributed by atoms with van der Waals surface area (Å²) in [6.07, 6.45) is 1.74. The van der Waals surface area contributed by atoms with E-state index < -0.39 is 10.0 Å². The van der Waals surface area contributed by atoms with Gasteiger partial charge in [0.1, 0.15) is 4.88 Å². The van der Waals surface area contributed by atoms with Crippen LogP contribution in [-0.2, 0) is 10.0 Å². The summed E-state index contributed by atoms with van der Waals surface area (Å²) in [5.74, 6) is -0.0931. The lowest BCUT2D eigenvalue weighted by molar-refractivity contribution is 0.0759. The van der Waals surface area contributed by atoms with Crippen molar-refractivity contribution in [2.75, 3.05) is 17.8 Å². The predicted octanol–water partition coefficient (Wildman–Crippen LogP) is 3.82. The maximum Gasteiger partial charge on any atom is 0.265 e. The van der Waals surface area contributed by atoms with E-state index in [0.29, 0.717) is 23.7 Å². The Morgan fingerprint density at radius 2 is 1.69 bits per heavy atom. The van der Waals surface area contributed by atoms with E-state index in [0.717, 1.165) is 29.7 Å². The molecule has 2 rings (SSSR count). The SMILES string of the molecule is CCCN(CCC)C(=O)c1sc(NS(=O)(=O)c2ccc(C)cc2)nc1C. The molecule has 0 aliphatic carbocycles. The Morgan fingerprint density at radius 3 is 2.23 bits per heavy atom. The van der Waals surface area contributed by atoms with Gasteiger partial charge in [0, 0.05) is 13.1 Å². The first-order valence-electron chi connectivity index (χ1n) is 8.64. The maximum atomic E-state index is 12.8. The van der Waals surface area contributed by atoms with E-state index >= 15 is 0 Å². The Kier molecular flexibility index (Phi) is 6.77. The van der Waals surface area contributed by atoms with Crippen LogP contribution in [0.15, 0.2) is 29.2 Å². The van der Waals surface area contributed by atoms with Crippen LogP contribution in [0.5, 0.6) is 0 Å². The lowest BCUT2D eigenvalue weighted by Crippen LogP contribution is -2.32. The monoisotopic (exact) mass is 395 g/mol. The highest BCUT2D eigenvalue weighted by Crippen LogP contribution is 2.26. The van der Waals surface area contributed by atoms with E-state index in [-0.39, 0.29) is 15.9 Å². The molecule has 26 heavy (non-hydrogen) atoms. The zero-order chi connectivity index (χ0) is 19.3. The molecule has 142 valence electrons. The van der Waals surface area contributed by atoms with Crippen LogP contribution in [0.3, 0.4) is 0 Å². The molecule has 0 bridgehead atoms. The summed E-state index contributed by atoms with van der Waals surface area (Å²) in [7, 11) is -3.73. The molecule has 1 amide bonds. The number of anilines is 1. The zero-order valence-electron chi connectivity index (χ0n) is 15.6. The van der Waals surface area contributed by atoms with Crippen LogP contribution in [0.2, 0.25) is 0 Å². The van der Waals surface area contributed by atoms with Crippen molar-refractivity contribution in [2.24, 2.45) is 0 Å². The highest BCUT2D eigenvalue weighted by Gasteiger charge is 2.23. The quantitative estimate of drug-likeness (QED) is 0.737. The van der Waals surface area contributed by atoms with Crippen molar-refractivity contribution in [3.05, 3.63) is 40.4 Å². The number of nitrogens with zero attached hydrogens (tertiary/aromatic N) is 2. The molecule has 0 saturated heterocycles.